The lowest BCUT2D eigenvalue weighted by molar-refractivity contribution is 0.0487. The van der Waals surface area contributed by atoms with E-state index in [9.17, 15) is 14.0 Å². The number of esters is 1. The molecule has 7 nitrogen and oxygen atoms in total. The molecule has 134 valence electrons. The summed E-state index contributed by atoms with van der Waals surface area (Å²) in [6, 6.07) is 0.673. The Morgan fingerprint density at radius 3 is 2.58 bits per heavy atom. The lowest BCUT2D eigenvalue weighted by Gasteiger charge is -2.22. The number of aromatic nitrogens is 1. The highest BCUT2D eigenvalue weighted by Gasteiger charge is 2.19. The van der Waals surface area contributed by atoms with Crippen LogP contribution >= 0.6 is 0 Å². The summed E-state index contributed by atoms with van der Waals surface area (Å²) in [6.07, 6.45) is 0.649. The first-order valence-corrected chi connectivity index (χ1v) is 7.57. The number of pyridine rings is 1. The fraction of sp³-hybridized carbons (Fsp3) is 0.562. The lowest BCUT2D eigenvalue weighted by Crippen LogP contribution is -2.40. The number of carbonyl (C=O) groups excluding carboxylic acids is 2. The first-order chi connectivity index (χ1) is 11.1. The zero-order valence-electron chi connectivity index (χ0n) is 14.5. The van der Waals surface area contributed by atoms with Gasteiger partial charge in [-0.2, -0.15) is 0 Å². The number of alkyl carbamates (subject to hydrolysis) is 1. The van der Waals surface area contributed by atoms with Crippen LogP contribution in [-0.4, -0.2) is 41.9 Å². The van der Waals surface area contributed by atoms with Crippen LogP contribution in [0.5, 0.6) is 5.75 Å². The fourth-order valence-corrected chi connectivity index (χ4v) is 1.62. The maximum atomic E-state index is 13.8. The number of halogens is 1. The predicted molar refractivity (Wildman–Crippen MR) is 84.5 cm³/mol. The largest absolute Gasteiger partial charge is 0.490 e. The van der Waals surface area contributed by atoms with Crippen molar-refractivity contribution in [3.63, 3.8) is 0 Å². The van der Waals surface area contributed by atoms with Crippen molar-refractivity contribution in [3.8, 4) is 5.75 Å². The minimum Gasteiger partial charge on any atom is -0.490 e. The van der Waals surface area contributed by atoms with Crippen LogP contribution in [0.25, 0.3) is 0 Å². The Bertz CT molecular complexity index is 586. The van der Waals surface area contributed by atoms with Gasteiger partial charge in [0.2, 0.25) is 0 Å². The molecular weight excluding hydrogens is 319 g/mol. The van der Waals surface area contributed by atoms with E-state index < -0.39 is 29.2 Å². The monoisotopic (exact) mass is 342 g/mol. The van der Waals surface area contributed by atoms with Gasteiger partial charge in [-0.05, 0) is 34.6 Å². The van der Waals surface area contributed by atoms with Gasteiger partial charge in [0.1, 0.15) is 18.0 Å². The van der Waals surface area contributed by atoms with Crippen LogP contribution in [0.15, 0.2) is 12.3 Å². The van der Waals surface area contributed by atoms with Gasteiger partial charge in [-0.25, -0.2) is 19.0 Å². The van der Waals surface area contributed by atoms with Gasteiger partial charge in [0.25, 0.3) is 0 Å². The Hall–Kier alpha value is -2.38. The molecule has 1 N–H and O–H groups in total. The molecule has 1 aromatic rings. The maximum Gasteiger partial charge on any atom is 0.407 e. The molecule has 0 unspecified atom stereocenters. The average Bonchev–Trinajstić information content (AvgIpc) is 2.43. The molecule has 24 heavy (non-hydrogen) atoms. The Balaban J connectivity index is 2.54. The van der Waals surface area contributed by atoms with Crippen LogP contribution in [0, 0.1) is 5.82 Å². The van der Waals surface area contributed by atoms with Gasteiger partial charge in [0, 0.05) is 6.07 Å². The number of amides is 1. The van der Waals surface area contributed by atoms with Gasteiger partial charge < -0.3 is 19.5 Å². The van der Waals surface area contributed by atoms with E-state index in [2.05, 4.69) is 15.0 Å². The maximum absolute atomic E-state index is 13.8. The number of rotatable bonds is 6. The number of carbonyl (C=O) groups is 2. The SMILES string of the molecule is CCOC(=O)c1ncc(OC[C@H](C)NC(=O)OC(C)(C)C)cc1F. The Morgan fingerprint density at radius 1 is 1.38 bits per heavy atom. The zero-order valence-corrected chi connectivity index (χ0v) is 14.5. The third kappa shape index (κ3) is 6.80. The second-order valence-electron chi connectivity index (χ2n) is 6.08. The van der Waals surface area contributed by atoms with Gasteiger partial charge >= 0.3 is 12.1 Å². The molecule has 0 aliphatic carbocycles. The summed E-state index contributed by atoms with van der Waals surface area (Å²) >= 11 is 0. The standard InChI is InChI=1S/C16H23FN2O5/c1-6-22-14(20)13-12(17)7-11(8-18-13)23-9-10(2)19-15(21)24-16(3,4)5/h7-8,10H,6,9H2,1-5H3,(H,19,21)/t10-/m0/s1. The molecule has 0 radical (unpaired) electrons. The molecule has 0 bridgehead atoms. The van der Waals surface area contributed by atoms with Crippen LogP contribution in [-0.2, 0) is 9.47 Å². The van der Waals surface area contributed by atoms with Gasteiger partial charge in [-0.3, -0.25) is 0 Å². The summed E-state index contributed by atoms with van der Waals surface area (Å²) in [5.41, 5.74) is -0.996. The second-order valence-corrected chi connectivity index (χ2v) is 6.08. The molecule has 1 rings (SSSR count). The molecule has 0 fully saturated rings. The molecule has 1 atom stereocenters. The number of nitrogens with zero attached hydrogens (tertiary/aromatic N) is 1. The van der Waals surface area contributed by atoms with Gasteiger partial charge in [-0.1, -0.05) is 0 Å². The summed E-state index contributed by atoms with van der Waals surface area (Å²) in [5, 5.41) is 2.59. The Morgan fingerprint density at radius 2 is 2.04 bits per heavy atom. The minimum atomic E-state index is -0.835. The normalized spacial score (nSPS) is 12.2. The van der Waals surface area contributed by atoms with Crippen molar-refractivity contribution >= 4 is 12.1 Å². The van der Waals surface area contributed by atoms with Crippen molar-refractivity contribution in [2.45, 2.75) is 46.3 Å². The highest BCUT2D eigenvalue weighted by atomic mass is 19.1. The third-order valence-electron chi connectivity index (χ3n) is 2.55. The molecule has 8 heteroatoms. The summed E-state index contributed by atoms with van der Waals surface area (Å²) in [7, 11) is 0. The molecule has 1 heterocycles. The van der Waals surface area contributed by atoms with E-state index in [0.29, 0.717) is 0 Å². The molecule has 0 saturated heterocycles. The first-order valence-electron chi connectivity index (χ1n) is 7.57. The predicted octanol–water partition coefficient (Wildman–Crippen LogP) is 2.69. The molecule has 0 aliphatic heterocycles. The highest BCUT2D eigenvalue weighted by Crippen LogP contribution is 2.15. The van der Waals surface area contributed by atoms with E-state index in [4.69, 9.17) is 9.47 Å². The number of hydrogen-bond acceptors (Lipinski definition) is 6. The summed E-state index contributed by atoms with van der Waals surface area (Å²) in [4.78, 5) is 26.8. The van der Waals surface area contributed by atoms with Gasteiger partial charge in [-0.15, -0.1) is 0 Å². The van der Waals surface area contributed by atoms with Crippen molar-refractivity contribution in [1.29, 1.82) is 0 Å². The summed E-state index contributed by atoms with van der Waals surface area (Å²) < 4.78 is 29.0. The number of hydrogen-bond donors (Lipinski definition) is 1. The van der Waals surface area contributed by atoms with E-state index >= 15 is 0 Å². The number of nitrogens with one attached hydrogen (secondary N) is 1. The van der Waals surface area contributed by atoms with Crippen LogP contribution in [0.1, 0.15) is 45.1 Å². The van der Waals surface area contributed by atoms with Gasteiger partial charge in [0.15, 0.2) is 11.5 Å². The molecule has 1 aromatic heterocycles. The Kier molecular flexibility index (Phi) is 6.94. The molecule has 1 amide bonds. The van der Waals surface area contributed by atoms with Crippen LogP contribution in [0.4, 0.5) is 9.18 Å². The van der Waals surface area contributed by atoms with Crippen molar-refractivity contribution < 1.29 is 28.2 Å². The first kappa shape index (κ1) is 19.7. The summed E-state index contributed by atoms with van der Waals surface area (Å²) in [5.74, 6) is -1.53. The quantitative estimate of drug-likeness (QED) is 0.800. The van der Waals surface area contributed by atoms with E-state index in [-0.39, 0.29) is 25.0 Å². The third-order valence-corrected chi connectivity index (χ3v) is 2.55. The molecule has 0 saturated carbocycles. The van der Waals surface area contributed by atoms with E-state index in [1.54, 1.807) is 34.6 Å². The van der Waals surface area contributed by atoms with E-state index in [0.717, 1.165) is 6.07 Å². The molecule has 0 spiro atoms. The van der Waals surface area contributed by atoms with E-state index in [1.807, 2.05) is 0 Å². The minimum absolute atomic E-state index is 0.0825. The van der Waals surface area contributed by atoms with Crippen LogP contribution in [0.2, 0.25) is 0 Å². The van der Waals surface area contributed by atoms with Gasteiger partial charge in [0.05, 0.1) is 18.8 Å². The van der Waals surface area contributed by atoms with Crippen LogP contribution < -0.4 is 10.1 Å². The van der Waals surface area contributed by atoms with Crippen molar-refractivity contribution in [2.75, 3.05) is 13.2 Å². The highest BCUT2D eigenvalue weighted by molar-refractivity contribution is 5.87. The van der Waals surface area contributed by atoms with E-state index in [1.165, 1.54) is 6.20 Å². The zero-order chi connectivity index (χ0) is 18.3. The topological polar surface area (TPSA) is 86.8 Å². The Labute approximate surface area is 140 Å². The van der Waals surface area contributed by atoms with Crippen LogP contribution in [0.3, 0.4) is 0 Å². The van der Waals surface area contributed by atoms with Crippen molar-refractivity contribution in [3.05, 3.63) is 23.8 Å². The summed E-state index contributed by atoms with van der Waals surface area (Å²) in [6.45, 7) is 8.81. The average molecular weight is 342 g/mol. The lowest BCUT2D eigenvalue weighted by atomic mass is 10.2. The fourth-order valence-electron chi connectivity index (χ4n) is 1.62. The van der Waals surface area contributed by atoms with Crippen molar-refractivity contribution in [2.24, 2.45) is 0 Å². The number of ether oxygens (including phenoxy) is 3. The molecule has 0 aliphatic rings. The van der Waals surface area contributed by atoms with Crippen molar-refractivity contribution in [1.82, 2.24) is 10.3 Å². The smallest absolute Gasteiger partial charge is 0.407 e. The molecule has 0 aromatic carbocycles. The molecular formula is C16H23FN2O5. The second kappa shape index (κ2) is 8.47.